The number of aromatic hydroxyl groups is 1. The topological polar surface area (TPSA) is 83.7 Å². The molecule has 0 fully saturated rings. The number of fused-ring (bicyclic) bond motifs is 1. The molecule has 1 aliphatic rings. The molecule has 1 aromatic heterocycles. The molecule has 4 rings (SSSR count). The summed E-state index contributed by atoms with van der Waals surface area (Å²) in [6.45, 7) is 1.56. The molecule has 3 aromatic rings. The summed E-state index contributed by atoms with van der Waals surface area (Å²) in [5.41, 5.74) is 3.97. The van der Waals surface area contributed by atoms with E-state index in [0.717, 1.165) is 38.3 Å². The Morgan fingerprint density at radius 1 is 1.31 bits per heavy atom. The zero-order valence-corrected chi connectivity index (χ0v) is 16.9. The van der Waals surface area contributed by atoms with Crippen molar-refractivity contribution in [2.75, 3.05) is 5.32 Å². The lowest BCUT2D eigenvalue weighted by atomic mass is 10.1. The van der Waals surface area contributed by atoms with Gasteiger partial charge in [0, 0.05) is 28.1 Å². The van der Waals surface area contributed by atoms with E-state index in [1.807, 2.05) is 31.2 Å². The van der Waals surface area contributed by atoms with Crippen LogP contribution in [0.4, 0.5) is 11.4 Å². The van der Waals surface area contributed by atoms with Gasteiger partial charge in [-0.2, -0.15) is 0 Å². The first-order chi connectivity index (χ1) is 13.9. The lowest BCUT2D eigenvalue weighted by Gasteiger charge is -2.08. The van der Waals surface area contributed by atoms with Gasteiger partial charge < -0.3 is 10.4 Å². The summed E-state index contributed by atoms with van der Waals surface area (Å²) in [6, 6.07) is 12.8. The molecule has 0 saturated heterocycles. The molecule has 6 nitrogen and oxygen atoms in total. The van der Waals surface area contributed by atoms with Gasteiger partial charge in [-0.1, -0.05) is 47.2 Å². The first-order valence-electron chi connectivity index (χ1n) is 8.76. The molecule has 0 unspecified atom stereocenters. The van der Waals surface area contributed by atoms with E-state index in [-0.39, 0.29) is 12.4 Å². The van der Waals surface area contributed by atoms with Gasteiger partial charge in [0.2, 0.25) is 11.8 Å². The summed E-state index contributed by atoms with van der Waals surface area (Å²) in [5, 5.41) is 13.7. The fraction of sp³-hybridized carbons (Fsp3) is 0.0952. The number of amides is 1. The summed E-state index contributed by atoms with van der Waals surface area (Å²) < 4.78 is 1.04. The van der Waals surface area contributed by atoms with Gasteiger partial charge >= 0.3 is 4.87 Å². The van der Waals surface area contributed by atoms with E-state index in [1.165, 1.54) is 0 Å². The van der Waals surface area contributed by atoms with Crippen LogP contribution >= 0.6 is 22.9 Å². The van der Waals surface area contributed by atoms with Crippen molar-refractivity contribution < 1.29 is 9.90 Å². The number of hydrogen-bond donors (Lipinski definition) is 2. The average Bonchev–Trinajstić information content (AvgIpc) is 3.21. The van der Waals surface area contributed by atoms with Crippen LogP contribution in [0, 0.1) is 6.92 Å². The summed E-state index contributed by atoms with van der Waals surface area (Å²) >= 11 is 6.94. The Morgan fingerprint density at radius 2 is 2.10 bits per heavy atom. The Hall–Kier alpha value is -3.16. The second-order valence-electron chi connectivity index (χ2n) is 6.53. The van der Waals surface area contributed by atoms with Gasteiger partial charge in [0.1, 0.15) is 6.54 Å². The number of benzene rings is 2. The summed E-state index contributed by atoms with van der Waals surface area (Å²) in [6.07, 6.45) is 3.39. The highest BCUT2D eigenvalue weighted by atomic mass is 35.5. The first-order valence-corrected chi connectivity index (χ1v) is 9.95. The van der Waals surface area contributed by atoms with E-state index >= 15 is 0 Å². The van der Waals surface area contributed by atoms with Crippen LogP contribution in [0.1, 0.15) is 16.0 Å². The van der Waals surface area contributed by atoms with Crippen molar-refractivity contribution in [2.45, 2.75) is 13.5 Å². The fourth-order valence-electron chi connectivity index (χ4n) is 2.96. The minimum absolute atomic E-state index is 0.248. The number of carbonyl (C=O) groups excluding carboxylic acids is 1. The van der Waals surface area contributed by atoms with Gasteiger partial charge in [-0.25, -0.2) is 0 Å². The van der Waals surface area contributed by atoms with E-state index in [2.05, 4.69) is 10.3 Å². The molecule has 0 saturated carbocycles. The number of hydrogen-bond acceptors (Lipinski definition) is 5. The second kappa shape index (κ2) is 7.69. The van der Waals surface area contributed by atoms with Gasteiger partial charge in [0.15, 0.2) is 0 Å². The monoisotopic (exact) mass is 425 g/mol. The Bertz CT molecular complexity index is 1240. The predicted octanol–water partition coefficient (Wildman–Crippen LogP) is 4.47. The minimum atomic E-state index is -0.438. The van der Waals surface area contributed by atoms with Gasteiger partial charge in [-0.15, -0.1) is 0 Å². The van der Waals surface area contributed by atoms with Gasteiger partial charge in [0.05, 0.1) is 10.6 Å². The van der Waals surface area contributed by atoms with E-state index in [9.17, 15) is 14.7 Å². The highest BCUT2D eigenvalue weighted by molar-refractivity contribution is 7.10. The third kappa shape index (κ3) is 3.87. The molecule has 29 heavy (non-hydrogen) atoms. The molecule has 2 N–H and O–H groups in total. The van der Waals surface area contributed by atoms with Crippen molar-refractivity contribution in [1.29, 1.82) is 0 Å². The second-order valence-corrected chi connectivity index (χ2v) is 7.93. The Labute approximate surface area is 175 Å². The first kappa shape index (κ1) is 19.2. The minimum Gasteiger partial charge on any atom is -0.493 e. The Morgan fingerprint density at radius 3 is 2.90 bits per heavy atom. The number of halogens is 1. The maximum Gasteiger partial charge on any atom is 0.311 e. The number of nitrogens with one attached hydrogen (secondary N) is 1. The number of aromatic nitrogens is 1. The largest absolute Gasteiger partial charge is 0.493 e. The molecule has 2 aromatic carbocycles. The molecule has 1 amide bonds. The third-order valence-corrected chi connectivity index (χ3v) is 5.82. The van der Waals surface area contributed by atoms with Crippen molar-refractivity contribution in [2.24, 2.45) is 4.99 Å². The molecule has 2 heterocycles. The van der Waals surface area contributed by atoms with Crippen molar-refractivity contribution in [3.63, 3.8) is 0 Å². The van der Waals surface area contributed by atoms with Gasteiger partial charge in [-0.3, -0.25) is 19.1 Å². The standard InChI is InChI=1S/C21H16ClN3O3S/c1-12-6-7-14(9-16(12)22)24-19(26)11-25-20(27)18(29-21(25)28)8-13-10-23-17-5-3-2-4-15(13)17/h2-10,27H,11H2,1H3,(H,24,26)/b13-8+. The third-order valence-electron chi connectivity index (χ3n) is 4.50. The summed E-state index contributed by atoms with van der Waals surface area (Å²) in [5.74, 6) is -0.686. The Balaban J connectivity index is 1.56. The smallest absolute Gasteiger partial charge is 0.311 e. The molecule has 0 aliphatic carbocycles. The number of aryl methyl sites for hydroxylation is 1. The summed E-state index contributed by atoms with van der Waals surface area (Å²) in [4.78, 5) is 28.9. The van der Waals surface area contributed by atoms with E-state index < -0.39 is 10.8 Å². The van der Waals surface area contributed by atoms with Gasteiger partial charge in [0.25, 0.3) is 0 Å². The fourth-order valence-corrected chi connectivity index (χ4v) is 3.97. The number of nitrogens with zero attached hydrogens (tertiary/aromatic N) is 2. The molecule has 0 atom stereocenters. The highest BCUT2D eigenvalue weighted by Gasteiger charge is 2.18. The van der Waals surface area contributed by atoms with Crippen molar-refractivity contribution >= 4 is 58.1 Å². The number of aliphatic imine (C=N–C) groups is 1. The normalized spacial score (nSPS) is 13.7. The maximum absolute atomic E-state index is 12.3. The molecule has 0 radical (unpaired) electrons. The molecule has 1 aliphatic heterocycles. The SMILES string of the molecule is Cc1ccc(NC(=O)Cn2c(O)c(/C=C3\C=Nc4ccccc43)sc2=O)cc1Cl. The maximum atomic E-state index is 12.3. The highest BCUT2D eigenvalue weighted by Crippen LogP contribution is 2.34. The number of para-hydroxylation sites is 1. The molecular weight excluding hydrogens is 410 g/mol. The van der Waals surface area contributed by atoms with Crippen LogP contribution < -0.4 is 10.2 Å². The lowest BCUT2D eigenvalue weighted by Crippen LogP contribution is -2.24. The van der Waals surface area contributed by atoms with E-state index in [1.54, 1.807) is 30.5 Å². The van der Waals surface area contributed by atoms with E-state index in [4.69, 9.17) is 11.6 Å². The van der Waals surface area contributed by atoms with Crippen LogP contribution in [-0.4, -0.2) is 21.8 Å². The van der Waals surface area contributed by atoms with Crippen molar-refractivity contribution in [3.05, 3.63) is 73.2 Å². The van der Waals surface area contributed by atoms with Crippen LogP contribution in [0.15, 0.2) is 52.3 Å². The lowest BCUT2D eigenvalue weighted by molar-refractivity contribution is -0.116. The van der Waals surface area contributed by atoms with Crippen LogP contribution in [0.3, 0.4) is 0 Å². The van der Waals surface area contributed by atoms with Crippen LogP contribution in [0.5, 0.6) is 5.88 Å². The van der Waals surface area contributed by atoms with Crippen LogP contribution in [0.2, 0.25) is 5.02 Å². The number of anilines is 1. The zero-order valence-electron chi connectivity index (χ0n) is 15.3. The molecule has 0 bridgehead atoms. The van der Waals surface area contributed by atoms with Crippen molar-refractivity contribution in [1.82, 2.24) is 4.57 Å². The average molecular weight is 426 g/mol. The van der Waals surface area contributed by atoms with Crippen LogP contribution in [-0.2, 0) is 11.3 Å². The quantitative estimate of drug-likeness (QED) is 0.646. The number of carbonyl (C=O) groups is 1. The molecule has 8 heteroatoms. The number of allylic oxidation sites excluding steroid dienone is 1. The molecule has 146 valence electrons. The van der Waals surface area contributed by atoms with Crippen molar-refractivity contribution in [3.8, 4) is 5.88 Å². The molecular formula is C21H16ClN3O3S. The van der Waals surface area contributed by atoms with Crippen LogP contribution in [0.25, 0.3) is 11.6 Å². The number of rotatable bonds is 4. The predicted molar refractivity (Wildman–Crippen MR) is 118 cm³/mol. The number of thiazole rings is 1. The zero-order chi connectivity index (χ0) is 20.5. The van der Waals surface area contributed by atoms with E-state index in [0.29, 0.717) is 15.6 Å². The Kier molecular flexibility index (Phi) is 5.08. The van der Waals surface area contributed by atoms with Gasteiger partial charge in [-0.05, 0) is 36.8 Å². The molecule has 0 spiro atoms. The summed E-state index contributed by atoms with van der Waals surface area (Å²) in [7, 11) is 0.